The number of imidazole rings is 2. The number of aromatic amines is 1. The van der Waals surface area contributed by atoms with Crippen molar-refractivity contribution in [2.45, 2.75) is 26.6 Å². The van der Waals surface area contributed by atoms with Crippen LogP contribution in [0.3, 0.4) is 0 Å². The molecule has 5 nitrogen and oxygen atoms in total. The van der Waals surface area contributed by atoms with E-state index >= 15 is 0 Å². The summed E-state index contributed by atoms with van der Waals surface area (Å²) < 4.78 is 2.12. The lowest BCUT2D eigenvalue weighted by molar-refractivity contribution is 0.623. The van der Waals surface area contributed by atoms with Crippen LogP contribution >= 0.6 is 0 Å². The molecule has 2 aromatic rings. The quantitative estimate of drug-likeness (QED) is 0.763. The van der Waals surface area contributed by atoms with Gasteiger partial charge in [-0.1, -0.05) is 0 Å². The second-order valence-electron chi connectivity index (χ2n) is 3.35. The molecule has 0 aliphatic rings. The Hall–Kier alpha value is -1.62. The number of rotatable bonds is 5. The van der Waals surface area contributed by atoms with E-state index < -0.39 is 0 Å². The molecule has 2 N–H and O–H groups in total. The van der Waals surface area contributed by atoms with Crippen LogP contribution in [0.1, 0.15) is 18.3 Å². The van der Waals surface area contributed by atoms with Crippen molar-refractivity contribution in [1.82, 2.24) is 24.8 Å². The number of hydrogen-bond acceptors (Lipinski definition) is 3. The van der Waals surface area contributed by atoms with Crippen molar-refractivity contribution in [1.29, 1.82) is 0 Å². The molecule has 0 aliphatic heterocycles. The largest absolute Gasteiger partial charge is 0.347 e. The Morgan fingerprint density at radius 3 is 3.00 bits per heavy atom. The number of H-pyrrole nitrogens is 1. The minimum Gasteiger partial charge on any atom is -0.347 e. The summed E-state index contributed by atoms with van der Waals surface area (Å²) >= 11 is 0. The summed E-state index contributed by atoms with van der Waals surface area (Å²) in [6.07, 6.45) is 7.26. The third kappa shape index (κ3) is 2.44. The van der Waals surface area contributed by atoms with Gasteiger partial charge in [-0.25, -0.2) is 9.97 Å². The predicted octanol–water partition coefficient (Wildman–Crippen LogP) is 0.916. The maximum Gasteiger partial charge on any atom is 0.0948 e. The Balaban J connectivity index is 1.83. The Bertz CT molecular complexity index is 390. The first-order valence-corrected chi connectivity index (χ1v) is 5.07. The molecule has 0 fully saturated rings. The molecule has 0 saturated carbocycles. The fraction of sp³-hybridized carbons (Fsp3) is 0.400. The Kier molecular flexibility index (Phi) is 3.14. The van der Waals surface area contributed by atoms with E-state index in [1.54, 1.807) is 6.33 Å². The van der Waals surface area contributed by atoms with E-state index in [2.05, 4.69) is 31.8 Å². The van der Waals surface area contributed by atoms with E-state index in [4.69, 9.17) is 0 Å². The average molecular weight is 205 g/mol. The van der Waals surface area contributed by atoms with Crippen LogP contribution in [-0.2, 0) is 19.6 Å². The highest BCUT2D eigenvalue weighted by atomic mass is 15.1. The van der Waals surface area contributed by atoms with Gasteiger partial charge in [0.2, 0.25) is 0 Å². The van der Waals surface area contributed by atoms with Crippen LogP contribution in [0.15, 0.2) is 25.0 Å². The highest BCUT2D eigenvalue weighted by molar-refractivity contribution is 4.99. The molecular weight excluding hydrogens is 190 g/mol. The summed E-state index contributed by atoms with van der Waals surface area (Å²) in [4.78, 5) is 11.1. The van der Waals surface area contributed by atoms with Crippen molar-refractivity contribution in [3.63, 3.8) is 0 Å². The molecule has 2 heterocycles. The molecule has 0 amide bonds. The molecule has 0 saturated heterocycles. The van der Waals surface area contributed by atoms with Gasteiger partial charge in [0.05, 0.1) is 18.3 Å². The lowest BCUT2D eigenvalue weighted by Gasteiger charge is -2.05. The zero-order valence-corrected chi connectivity index (χ0v) is 8.77. The minimum absolute atomic E-state index is 0.800. The third-order valence-electron chi connectivity index (χ3n) is 2.32. The van der Waals surface area contributed by atoms with Crippen molar-refractivity contribution < 1.29 is 0 Å². The van der Waals surface area contributed by atoms with Gasteiger partial charge in [0, 0.05) is 37.7 Å². The molecule has 0 bridgehead atoms. The van der Waals surface area contributed by atoms with Crippen molar-refractivity contribution >= 4 is 0 Å². The van der Waals surface area contributed by atoms with Gasteiger partial charge in [-0.3, -0.25) is 0 Å². The van der Waals surface area contributed by atoms with Crippen molar-refractivity contribution in [3.05, 3.63) is 36.4 Å². The van der Waals surface area contributed by atoms with E-state index in [0.29, 0.717) is 0 Å². The van der Waals surface area contributed by atoms with Crippen molar-refractivity contribution in [2.24, 2.45) is 0 Å². The first-order chi connectivity index (χ1) is 7.40. The van der Waals surface area contributed by atoms with Crippen LogP contribution in [-0.4, -0.2) is 19.5 Å². The summed E-state index contributed by atoms with van der Waals surface area (Å²) in [6, 6.07) is 0. The van der Waals surface area contributed by atoms with E-state index in [1.165, 1.54) is 5.69 Å². The molecule has 0 spiro atoms. The molecule has 2 aromatic heterocycles. The topological polar surface area (TPSA) is 58.5 Å². The lowest BCUT2D eigenvalue weighted by Crippen LogP contribution is -2.15. The van der Waals surface area contributed by atoms with E-state index in [1.807, 2.05) is 18.7 Å². The maximum absolute atomic E-state index is 4.11. The number of aryl methyl sites for hydroxylation is 1. The standard InChI is InChI=1S/C10H15N5/c1-2-15-8-13-6-10(15)5-11-3-9-4-12-7-14-9/h4,6-8,11H,2-3,5H2,1H3,(H,12,14). The SMILES string of the molecule is CCn1cncc1CNCc1cnc[nH]1. The Morgan fingerprint density at radius 2 is 2.27 bits per heavy atom. The smallest absolute Gasteiger partial charge is 0.0948 e. The Labute approximate surface area is 88.6 Å². The summed E-state index contributed by atoms with van der Waals surface area (Å²) in [5, 5.41) is 3.33. The van der Waals surface area contributed by atoms with Gasteiger partial charge < -0.3 is 14.9 Å². The molecule has 5 heteroatoms. The fourth-order valence-electron chi connectivity index (χ4n) is 1.49. The summed E-state index contributed by atoms with van der Waals surface area (Å²) in [5.41, 5.74) is 2.30. The average Bonchev–Trinajstić information content (AvgIpc) is 2.88. The zero-order chi connectivity index (χ0) is 10.5. The van der Waals surface area contributed by atoms with Gasteiger partial charge in [0.15, 0.2) is 0 Å². The molecule has 0 atom stereocenters. The van der Waals surface area contributed by atoms with Gasteiger partial charge in [0.1, 0.15) is 0 Å². The Morgan fingerprint density at radius 1 is 1.33 bits per heavy atom. The van der Waals surface area contributed by atoms with E-state index in [0.717, 1.165) is 25.3 Å². The van der Waals surface area contributed by atoms with Crippen LogP contribution in [0.4, 0.5) is 0 Å². The molecule has 80 valence electrons. The van der Waals surface area contributed by atoms with Gasteiger partial charge in [-0.05, 0) is 6.92 Å². The summed E-state index contributed by atoms with van der Waals surface area (Å²) in [6.45, 7) is 4.70. The molecule has 15 heavy (non-hydrogen) atoms. The van der Waals surface area contributed by atoms with Gasteiger partial charge in [-0.15, -0.1) is 0 Å². The molecule has 0 aromatic carbocycles. The zero-order valence-electron chi connectivity index (χ0n) is 8.77. The van der Waals surface area contributed by atoms with Gasteiger partial charge in [-0.2, -0.15) is 0 Å². The summed E-state index contributed by atoms with van der Waals surface area (Å²) in [7, 11) is 0. The van der Waals surface area contributed by atoms with Crippen molar-refractivity contribution in [3.8, 4) is 0 Å². The second-order valence-corrected chi connectivity index (χ2v) is 3.35. The first kappa shape index (κ1) is 9.92. The van der Waals surface area contributed by atoms with E-state index in [9.17, 15) is 0 Å². The monoisotopic (exact) mass is 205 g/mol. The molecule has 0 unspecified atom stereocenters. The van der Waals surface area contributed by atoms with Gasteiger partial charge in [0.25, 0.3) is 0 Å². The van der Waals surface area contributed by atoms with Crippen LogP contribution in [0, 0.1) is 0 Å². The second kappa shape index (κ2) is 4.75. The van der Waals surface area contributed by atoms with Crippen LogP contribution < -0.4 is 5.32 Å². The van der Waals surface area contributed by atoms with Crippen LogP contribution in [0.5, 0.6) is 0 Å². The predicted molar refractivity (Wildman–Crippen MR) is 57.0 cm³/mol. The number of nitrogens with one attached hydrogen (secondary N) is 2. The third-order valence-corrected chi connectivity index (χ3v) is 2.32. The van der Waals surface area contributed by atoms with Crippen LogP contribution in [0.2, 0.25) is 0 Å². The molecular formula is C10H15N5. The number of hydrogen-bond donors (Lipinski definition) is 2. The number of nitrogens with zero attached hydrogens (tertiary/aromatic N) is 3. The first-order valence-electron chi connectivity index (χ1n) is 5.07. The molecule has 0 aliphatic carbocycles. The normalized spacial score (nSPS) is 10.7. The van der Waals surface area contributed by atoms with Crippen molar-refractivity contribution in [2.75, 3.05) is 0 Å². The maximum atomic E-state index is 4.11. The highest BCUT2D eigenvalue weighted by Gasteiger charge is 1.99. The van der Waals surface area contributed by atoms with Gasteiger partial charge >= 0.3 is 0 Å². The van der Waals surface area contributed by atoms with E-state index in [-0.39, 0.29) is 0 Å². The molecule has 0 radical (unpaired) electrons. The fourth-order valence-corrected chi connectivity index (χ4v) is 1.49. The van der Waals surface area contributed by atoms with Crippen LogP contribution in [0.25, 0.3) is 0 Å². The molecule has 2 rings (SSSR count). The summed E-state index contributed by atoms with van der Waals surface area (Å²) in [5.74, 6) is 0. The lowest BCUT2D eigenvalue weighted by atomic mass is 10.4. The number of aromatic nitrogens is 4. The minimum atomic E-state index is 0.800. The highest BCUT2D eigenvalue weighted by Crippen LogP contribution is 1.99.